The molecule has 1 aromatic heterocycles. The molecule has 1 aromatic carbocycles. The SMILES string of the molecule is CCc1ccc(N)cc1S(=O)(=O)Nc1ccc(Br)cn1. The van der Waals surface area contributed by atoms with Crippen LogP contribution in [0.15, 0.2) is 45.9 Å². The van der Waals surface area contributed by atoms with Crippen LogP contribution in [0.25, 0.3) is 0 Å². The van der Waals surface area contributed by atoms with Crippen molar-refractivity contribution in [1.29, 1.82) is 0 Å². The number of nitrogens with two attached hydrogens (primary N) is 1. The summed E-state index contributed by atoms with van der Waals surface area (Å²) < 4.78 is 28.0. The molecule has 5 nitrogen and oxygen atoms in total. The molecule has 0 radical (unpaired) electrons. The van der Waals surface area contributed by atoms with Crippen molar-refractivity contribution in [2.24, 2.45) is 0 Å². The predicted molar refractivity (Wildman–Crippen MR) is 83.0 cm³/mol. The first-order valence-electron chi connectivity index (χ1n) is 5.95. The molecule has 0 aliphatic heterocycles. The van der Waals surface area contributed by atoms with E-state index in [9.17, 15) is 8.42 Å². The third kappa shape index (κ3) is 3.29. The summed E-state index contributed by atoms with van der Waals surface area (Å²) in [6.07, 6.45) is 2.13. The summed E-state index contributed by atoms with van der Waals surface area (Å²) in [5, 5.41) is 0. The molecule has 0 spiro atoms. The lowest BCUT2D eigenvalue weighted by molar-refractivity contribution is 0.600. The Morgan fingerprint density at radius 3 is 2.65 bits per heavy atom. The van der Waals surface area contributed by atoms with Gasteiger partial charge >= 0.3 is 0 Å². The van der Waals surface area contributed by atoms with Crippen LogP contribution in [0, 0.1) is 0 Å². The van der Waals surface area contributed by atoms with E-state index in [0.29, 0.717) is 17.7 Å². The number of aryl methyl sites for hydroxylation is 1. The highest BCUT2D eigenvalue weighted by molar-refractivity contribution is 9.10. The zero-order chi connectivity index (χ0) is 14.8. The number of hydrogen-bond donors (Lipinski definition) is 2. The number of benzene rings is 1. The largest absolute Gasteiger partial charge is 0.399 e. The molecule has 20 heavy (non-hydrogen) atoms. The van der Waals surface area contributed by atoms with Gasteiger partial charge in [-0.15, -0.1) is 0 Å². The van der Waals surface area contributed by atoms with Gasteiger partial charge in [-0.1, -0.05) is 13.0 Å². The molecule has 3 N–H and O–H groups in total. The lowest BCUT2D eigenvalue weighted by atomic mass is 10.1. The van der Waals surface area contributed by atoms with Crippen LogP contribution in [0.3, 0.4) is 0 Å². The average Bonchev–Trinajstić information content (AvgIpc) is 2.41. The van der Waals surface area contributed by atoms with Crippen molar-refractivity contribution in [2.75, 3.05) is 10.5 Å². The fraction of sp³-hybridized carbons (Fsp3) is 0.154. The van der Waals surface area contributed by atoms with E-state index in [2.05, 4.69) is 25.6 Å². The molecule has 106 valence electrons. The maximum absolute atomic E-state index is 12.4. The summed E-state index contributed by atoms with van der Waals surface area (Å²) in [5.41, 5.74) is 6.80. The molecular formula is C13H14BrN3O2S. The standard InChI is InChI=1S/C13H14BrN3O2S/c1-2-9-3-5-11(15)7-12(9)20(18,19)17-13-6-4-10(14)8-16-13/h3-8H,2,15H2,1H3,(H,16,17). The number of sulfonamides is 1. The first-order chi connectivity index (χ1) is 9.42. The second-order valence-corrected chi connectivity index (χ2v) is 6.75. The monoisotopic (exact) mass is 355 g/mol. The van der Waals surface area contributed by atoms with Crippen LogP contribution in [-0.2, 0) is 16.4 Å². The van der Waals surface area contributed by atoms with Crippen molar-refractivity contribution >= 4 is 37.5 Å². The second-order valence-electron chi connectivity index (χ2n) is 4.19. The van der Waals surface area contributed by atoms with Gasteiger partial charge in [0.05, 0.1) is 4.90 Å². The van der Waals surface area contributed by atoms with E-state index in [1.54, 1.807) is 24.3 Å². The molecule has 0 aliphatic rings. The topological polar surface area (TPSA) is 85.1 Å². The molecular weight excluding hydrogens is 342 g/mol. The lowest BCUT2D eigenvalue weighted by Gasteiger charge is -2.11. The smallest absolute Gasteiger partial charge is 0.263 e. The van der Waals surface area contributed by atoms with E-state index in [1.165, 1.54) is 12.3 Å². The molecule has 2 aromatic rings. The Balaban J connectivity index is 2.40. The van der Waals surface area contributed by atoms with Crippen molar-refractivity contribution in [3.63, 3.8) is 0 Å². The van der Waals surface area contributed by atoms with Crippen LogP contribution in [0.2, 0.25) is 0 Å². The van der Waals surface area contributed by atoms with E-state index in [4.69, 9.17) is 5.73 Å². The van der Waals surface area contributed by atoms with Crippen LogP contribution >= 0.6 is 15.9 Å². The van der Waals surface area contributed by atoms with E-state index in [1.807, 2.05) is 6.92 Å². The van der Waals surface area contributed by atoms with Crippen LogP contribution in [-0.4, -0.2) is 13.4 Å². The van der Waals surface area contributed by atoms with Gasteiger partial charge in [-0.25, -0.2) is 13.4 Å². The fourth-order valence-corrected chi connectivity index (χ4v) is 3.33. The van der Waals surface area contributed by atoms with Crippen molar-refractivity contribution in [2.45, 2.75) is 18.2 Å². The summed E-state index contributed by atoms with van der Waals surface area (Å²) >= 11 is 3.25. The normalized spacial score (nSPS) is 11.3. The summed E-state index contributed by atoms with van der Waals surface area (Å²) in [6.45, 7) is 1.89. The minimum Gasteiger partial charge on any atom is -0.399 e. The number of aromatic nitrogens is 1. The molecule has 2 rings (SSSR count). The van der Waals surface area contributed by atoms with Crippen molar-refractivity contribution in [3.8, 4) is 0 Å². The predicted octanol–water partition coefficient (Wildman–Crippen LogP) is 2.79. The van der Waals surface area contributed by atoms with Crippen LogP contribution in [0.1, 0.15) is 12.5 Å². The number of nitrogens with one attached hydrogen (secondary N) is 1. The maximum atomic E-state index is 12.4. The lowest BCUT2D eigenvalue weighted by Crippen LogP contribution is -2.16. The number of halogens is 1. The van der Waals surface area contributed by atoms with Crippen molar-refractivity contribution in [3.05, 3.63) is 46.6 Å². The number of nitrogen functional groups attached to an aromatic ring is 1. The Morgan fingerprint density at radius 1 is 1.30 bits per heavy atom. The van der Waals surface area contributed by atoms with Crippen LogP contribution in [0.5, 0.6) is 0 Å². The van der Waals surface area contributed by atoms with E-state index in [0.717, 1.165) is 4.47 Å². The van der Waals surface area contributed by atoms with Gasteiger partial charge in [-0.05, 0) is 52.2 Å². The molecule has 0 saturated carbocycles. The van der Waals surface area contributed by atoms with E-state index < -0.39 is 10.0 Å². The van der Waals surface area contributed by atoms with Crippen molar-refractivity contribution in [1.82, 2.24) is 4.98 Å². The highest BCUT2D eigenvalue weighted by Crippen LogP contribution is 2.22. The third-order valence-electron chi connectivity index (χ3n) is 2.73. The second kappa shape index (κ2) is 5.80. The minimum atomic E-state index is -3.70. The summed E-state index contributed by atoms with van der Waals surface area (Å²) in [6, 6.07) is 8.17. The van der Waals surface area contributed by atoms with Crippen LogP contribution < -0.4 is 10.5 Å². The molecule has 0 unspecified atom stereocenters. The molecule has 0 aliphatic carbocycles. The molecule has 0 atom stereocenters. The summed E-state index contributed by atoms with van der Waals surface area (Å²) in [7, 11) is -3.70. The fourth-order valence-electron chi connectivity index (χ4n) is 1.74. The van der Waals surface area contributed by atoms with Gasteiger partial charge in [0.15, 0.2) is 0 Å². The third-order valence-corrected chi connectivity index (χ3v) is 4.63. The molecule has 0 bridgehead atoms. The van der Waals surface area contributed by atoms with E-state index >= 15 is 0 Å². The van der Waals surface area contributed by atoms with Crippen molar-refractivity contribution < 1.29 is 8.42 Å². The number of nitrogens with zero attached hydrogens (tertiary/aromatic N) is 1. The van der Waals surface area contributed by atoms with Gasteiger partial charge in [-0.3, -0.25) is 4.72 Å². The molecule has 0 fully saturated rings. The van der Waals surface area contributed by atoms with Crippen LogP contribution in [0.4, 0.5) is 11.5 Å². The Labute approximate surface area is 126 Å². The Morgan fingerprint density at radius 2 is 2.05 bits per heavy atom. The maximum Gasteiger partial charge on any atom is 0.263 e. The van der Waals surface area contributed by atoms with Gasteiger partial charge in [-0.2, -0.15) is 0 Å². The molecule has 7 heteroatoms. The van der Waals surface area contributed by atoms with E-state index in [-0.39, 0.29) is 10.7 Å². The van der Waals surface area contributed by atoms with Gasteiger partial charge in [0.25, 0.3) is 10.0 Å². The van der Waals surface area contributed by atoms with Gasteiger partial charge in [0.2, 0.25) is 0 Å². The first kappa shape index (κ1) is 14.8. The van der Waals surface area contributed by atoms with Gasteiger partial charge in [0.1, 0.15) is 5.82 Å². The average molecular weight is 356 g/mol. The molecule has 0 amide bonds. The Kier molecular flexibility index (Phi) is 4.29. The Hall–Kier alpha value is -1.60. The zero-order valence-corrected chi connectivity index (χ0v) is 13.2. The highest BCUT2D eigenvalue weighted by Gasteiger charge is 2.18. The number of pyridine rings is 1. The summed E-state index contributed by atoms with van der Waals surface area (Å²) in [5.74, 6) is 0.262. The van der Waals surface area contributed by atoms with Gasteiger partial charge in [0, 0.05) is 16.4 Å². The number of rotatable bonds is 4. The first-order valence-corrected chi connectivity index (χ1v) is 8.23. The molecule has 0 saturated heterocycles. The zero-order valence-electron chi connectivity index (χ0n) is 10.8. The quantitative estimate of drug-likeness (QED) is 0.825. The highest BCUT2D eigenvalue weighted by atomic mass is 79.9. The molecule has 1 heterocycles. The number of hydrogen-bond acceptors (Lipinski definition) is 4. The summed E-state index contributed by atoms with van der Waals surface area (Å²) in [4.78, 5) is 4.18. The Bertz CT molecular complexity index is 715. The minimum absolute atomic E-state index is 0.185. The van der Waals surface area contributed by atoms with Gasteiger partial charge < -0.3 is 5.73 Å². The number of anilines is 2.